The average molecular weight is 485 g/mol. The molecule has 0 radical (unpaired) electrons. The first-order chi connectivity index (χ1) is 14.6. The summed E-state index contributed by atoms with van der Waals surface area (Å²) in [6, 6.07) is 16.0. The highest BCUT2D eigenvalue weighted by Gasteiger charge is 2.15. The fourth-order valence-corrected chi connectivity index (χ4v) is 4.78. The number of nitrogens with zero attached hydrogens (tertiary/aromatic N) is 3. The monoisotopic (exact) mass is 484 g/mol. The van der Waals surface area contributed by atoms with E-state index in [1.54, 1.807) is 10.9 Å². The third kappa shape index (κ3) is 5.14. The van der Waals surface area contributed by atoms with E-state index in [2.05, 4.69) is 43.4 Å². The molecule has 2 heterocycles. The fraction of sp³-hybridized carbons (Fsp3) is 0.304. The van der Waals surface area contributed by atoms with Gasteiger partial charge in [-0.05, 0) is 55.3 Å². The van der Waals surface area contributed by atoms with Gasteiger partial charge in [-0.1, -0.05) is 28.1 Å². The molecule has 0 bridgehead atoms. The molecule has 0 atom stereocenters. The lowest BCUT2D eigenvalue weighted by atomic mass is 10.1. The van der Waals surface area contributed by atoms with Gasteiger partial charge in [0.2, 0.25) is 0 Å². The third-order valence-electron chi connectivity index (χ3n) is 5.36. The second kappa shape index (κ2) is 9.81. The van der Waals surface area contributed by atoms with Crippen molar-refractivity contribution in [2.45, 2.75) is 13.3 Å². The van der Waals surface area contributed by atoms with Gasteiger partial charge in [0, 0.05) is 41.3 Å². The Morgan fingerprint density at radius 1 is 1.10 bits per heavy atom. The van der Waals surface area contributed by atoms with Gasteiger partial charge in [0.15, 0.2) is 0 Å². The highest BCUT2D eigenvalue weighted by Crippen LogP contribution is 2.19. The van der Waals surface area contributed by atoms with Crippen LogP contribution in [0.15, 0.2) is 59.2 Å². The minimum atomic E-state index is -0.144. The first kappa shape index (κ1) is 21.2. The molecule has 1 saturated heterocycles. The number of carbonyl (C=O) groups is 1. The number of halogens is 1. The number of amides is 1. The summed E-state index contributed by atoms with van der Waals surface area (Å²) in [5.74, 6) is 2.33. The minimum absolute atomic E-state index is 0.144. The summed E-state index contributed by atoms with van der Waals surface area (Å²) in [6.45, 7) is 5.38. The molecule has 0 aliphatic carbocycles. The quantitative estimate of drug-likeness (QED) is 0.546. The van der Waals surface area contributed by atoms with E-state index in [0.717, 1.165) is 34.5 Å². The molecule has 3 aromatic rings. The van der Waals surface area contributed by atoms with Gasteiger partial charge in [-0.25, -0.2) is 4.68 Å². The van der Waals surface area contributed by atoms with Gasteiger partial charge in [-0.3, -0.25) is 4.79 Å². The number of hydrogen-bond donors (Lipinski definition) is 1. The van der Waals surface area contributed by atoms with Gasteiger partial charge in [0.25, 0.3) is 5.91 Å². The van der Waals surface area contributed by atoms with E-state index in [1.165, 1.54) is 30.2 Å². The van der Waals surface area contributed by atoms with Gasteiger partial charge in [0.05, 0.1) is 23.1 Å². The van der Waals surface area contributed by atoms with E-state index in [9.17, 15) is 4.79 Å². The zero-order valence-corrected chi connectivity index (χ0v) is 19.4. The minimum Gasteiger partial charge on any atom is -0.322 e. The number of nitrogens with one attached hydrogen (secondary N) is 1. The van der Waals surface area contributed by atoms with Gasteiger partial charge in [-0.2, -0.15) is 16.9 Å². The summed E-state index contributed by atoms with van der Waals surface area (Å²) < 4.78 is 2.79. The van der Waals surface area contributed by atoms with Crippen LogP contribution in [0.5, 0.6) is 0 Å². The standard InChI is InChI=1S/C23H25BrN4OS/c1-17-22(16-25-28(17)21-8-4-19(24)5-9-21)23(29)26-20-6-2-18(3-7-20)10-11-27-12-14-30-15-13-27/h2-9,16H,10-15H2,1H3,(H,26,29). The Labute approximate surface area is 190 Å². The Kier molecular flexibility index (Phi) is 6.92. The Morgan fingerprint density at radius 2 is 1.80 bits per heavy atom. The first-order valence-corrected chi connectivity index (χ1v) is 12.1. The summed E-state index contributed by atoms with van der Waals surface area (Å²) in [5, 5.41) is 7.39. The molecule has 1 aliphatic rings. The van der Waals surface area contributed by atoms with Crippen molar-refractivity contribution in [3.05, 3.63) is 76.0 Å². The molecule has 4 rings (SSSR count). The van der Waals surface area contributed by atoms with E-state index >= 15 is 0 Å². The predicted octanol–water partition coefficient (Wildman–Crippen LogP) is 4.79. The third-order valence-corrected chi connectivity index (χ3v) is 6.83. The second-order valence-corrected chi connectivity index (χ2v) is 9.53. The number of carbonyl (C=O) groups excluding carboxylic acids is 1. The fourth-order valence-electron chi connectivity index (χ4n) is 3.54. The van der Waals surface area contributed by atoms with Gasteiger partial charge in [0.1, 0.15) is 0 Å². The van der Waals surface area contributed by atoms with Crippen molar-refractivity contribution in [3.8, 4) is 5.69 Å². The summed E-state index contributed by atoms with van der Waals surface area (Å²) in [7, 11) is 0. The zero-order chi connectivity index (χ0) is 20.9. The molecule has 2 aromatic carbocycles. The van der Waals surface area contributed by atoms with Crippen LogP contribution in [0.3, 0.4) is 0 Å². The van der Waals surface area contributed by atoms with Crippen LogP contribution < -0.4 is 5.32 Å². The topological polar surface area (TPSA) is 50.2 Å². The summed E-state index contributed by atoms with van der Waals surface area (Å²) in [6.07, 6.45) is 2.66. The zero-order valence-electron chi connectivity index (χ0n) is 17.0. The predicted molar refractivity (Wildman–Crippen MR) is 128 cm³/mol. The van der Waals surface area contributed by atoms with Crippen molar-refractivity contribution in [2.75, 3.05) is 36.5 Å². The second-order valence-electron chi connectivity index (χ2n) is 7.39. The van der Waals surface area contributed by atoms with Crippen LogP contribution in [0, 0.1) is 6.92 Å². The average Bonchev–Trinajstić information content (AvgIpc) is 3.16. The lowest BCUT2D eigenvalue weighted by Crippen LogP contribution is -2.34. The van der Waals surface area contributed by atoms with Crippen LogP contribution in [-0.2, 0) is 6.42 Å². The van der Waals surface area contributed by atoms with E-state index < -0.39 is 0 Å². The van der Waals surface area contributed by atoms with Crippen LogP contribution in [0.25, 0.3) is 5.69 Å². The highest BCUT2D eigenvalue weighted by molar-refractivity contribution is 9.10. The lowest BCUT2D eigenvalue weighted by molar-refractivity contribution is 0.102. The molecule has 156 valence electrons. The van der Waals surface area contributed by atoms with E-state index in [1.807, 2.05) is 55.1 Å². The van der Waals surface area contributed by atoms with Crippen molar-refractivity contribution in [1.82, 2.24) is 14.7 Å². The molecule has 1 aliphatic heterocycles. The molecular formula is C23H25BrN4OS. The van der Waals surface area contributed by atoms with Crippen LogP contribution in [0.1, 0.15) is 21.6 Å². The Hall–Kier alpha value is -2.09. The number of hydrogen-bond acceptors (Lipinski definition) is 4. The number of benzene rings is 2. The molecule has 5 nitrogen and oxygen atoms in total. The number of anilines is 1. The van der Waals surface area contributed by atoms with Crippen LogP contribution in [-0.4, -0.2) is 51.7 Å². The highest BCUT2D eigenvalue weighted by atomic mass is 79.9. The van der Waals surface area contributed by atoms with E-state index in [-0.39, 0.29) is 5.91 Å². The summed E-state index contributed by atoms with van der Waals surface area (Å²) in [5.41, 5.74) is 4.40. The maximum atomic E-state index is 12.8. The maximum absolute atomic E-state index is 12.8. The van der Waals surface area contributed by atoms with Gasteiger partial charge >= 0.3 is 0 Å². The lowest BCUT2D eigenvalue weighted by Gasteiger charge is -2.26. The van der Waals surface area contributed by atoms with Crippen LogP contribution in [0.4, 0.5) is 5.69 Å². The van der Waals surface area contributed by atoms with Gasteiger partial charge in [-0.15, -0.1) is 0 Å². The smallest absolute Gasteiger partial charge is 0.259 e. The largest absolute Gasteiger partial charge is 0.322 e. The Balaban J connectivity index is 1.37. The molecule has 0 saturated carbocycles. The number of aromatic nitrogens is 2. The number of thioether (sulfide) groups is 1. The van der Waals surface area contributed by atoms with Crippen LogP contribution in [0.2, 0.25) is 0 Å². The molecule has 7 heteroatoms. The normalized spacial score (nSPS) is 14.6. The van der Waals surface area contributed by atoms with E-state index in [0.29, 0.717) is 5.56 Å². The molecule has 1 N–H and O–H groups in total. The molecule has 1 fully saturated rings. The molecule has 0 unspecified atom stereocenters. The Bertz CT molecular complexity index is 995. The van der Waals surface area contributed by atoms with Crippen LogP contribution >= 0.6 is 27.7 Å². The van der Waals surface area contributed by atoms with Crippen molar-refractivity contribution in [2.24, 2.45) is 0 Å². The maximum Gasteiger partial charge on any atom is 0.259 e. The molecule has 0 spiro atoms. The molecular weight excluding hydrogens is 460 g/mol. The Morgan fingerprint density at radius 3 is 2.50 bits per heavy atom. The molecule has 1 aromatic heterocycles. The van der Waals surface area contributed by atoms with Crippen molar-refractivity contribution >= 4 is 39.3 Å². The van der Waals surface area contributed by atoms with Gasteiger partial charge < -0.3 is 10.2 Å². The van der Waals surface area contributed by atoms with Crippen molar-refractivity contribution in [3.63, 3.8) is 0 Å². The van der Waals surface area contributed by atoms with E-state index in [4.69, 9.17) is 0 Å². The van der Waals surface area contributed by atoms with Crippen molar-refractivity contribution < 1.29 is 4.79 Å². The molecule has 1 amide bonds. The first-order valence-electron chi connectivity index (χ1n) is 10.1. The summed E-state index contributed by atoms with van der Waals surface area (Å²) >= 11 is 5.48. The summed E-state index contributed by atoms with van der Waals surface area (Å²) in [4.78, 5) is 15.3. The molecule has 30 heavy (non-hydrogen) atoms. The SMILES string of the molecule is Cc1c(C(=O)Nc2ccc(CCN3CCSCC3)cc2)cnn1-c1ccc(Br)cc1. The number of rotatable bonds is 6. The van der Waals surface area contributed by atoms with Crippen molar-refractivity contribution in [1.29, 1.82) is 0 Å².